The van der Waals surface area contributed by atoms with Crippen molar-refractivity contribution >= 4 is 34.9 Å². The quantitative estimate of drug-likeness (QED) is 0.365. The Hall–Kier alpha value is -3.26. The molecule has 0 saturated heterocycles. The van der Waals surface area contributed by atoms with Crippen LogP contribution >= 0.6 is 24.0 Å². The van der Waals surface area contributed by atoms with Crippen LogP contribution in [0.15, 0.2) is 60.8 Å². The molecule has 3 heterocycles. The molecule has 33 heavy (non-hydrogen) atoms. The fourth-order valence-electron chi connectivity index (χ4n) is 4.17. The van der Waals surface area contributed by atoms with E-state index in [1.165, 1.54) is 17.2 Å². The number of aromatic amines is 1. The lowest BCUT2D eigenvalue weighted by Gasteiger charge is -2.17. The number of benzene rings is 3. The van der Waals surface area contributed by atoms with Gasteiger partial charge in [0.15, 0.2) is 0 Å². The van der Waals surface area contributed by atoms with E-state index in [1.54, 1.807) is 16.8 Å². The van der Waals surface area contributed by atoms with E-state index in [9.17, 15) is 4.39 Å². The summed E-state index contributed by atoms with van der Waals surface area (Å²) in [7, 11) is 0. The molecule has 0 spiro atoms. The van der Waals surface area contributed by atoms with Crippen molar-refractivity contribution in [3.63, 3.8) is 0 Å². The van der Waals surface area contributed by atoms with Crippen molar-refractivity contribution in [3.8, 4) is 28.2 Å². The van der Waals surface area contributed by atoms with Crippen LogP contribution in [0.5, 0.6) is 0 Å². The highest BCUT2D eigenvalue weighted by atomic mass is 35.5. The van der Waals surface area contributed by atoms with Crippen LogP contribution in [0.1, 0.15) is 11.1 Å². The lowest BCUT2D eigenvalue weighted by molar-refractivity contribution is 0.629. The third kappa shape index (κ3) is 3.88. The average Bonchev–Trinajstić information content (AvgIpc) is 3.47. The van der Waals surface area contributed by atoms with E-state index < -0.39 is 5.82 Å². The third-order valence-electron chi connectivity index (χ3n) is 5.89. The minimum atomic E-state index is -0.445. The summed E-state index contributed by atoms with van der Waals surface area (Å²) < 4.78 is 15.7. The van der Waals surface area contributed by atoms with Gasteiger partial charge in [-0.1, -0.05) is 35.0 Å². The van der Waals surface area contributed by atoms with Gasteiger partial charge in [0.2, 0.25) is 0 Å². The normalized spacial score (nSPS) is 13.0. The molecule has 6 nitrogen and oxygen atoms in total. The Morgan fingerprint density at radius 3 is 2.70 bits per heavy atom. The predicted octanol–water partition coefficient (Wildman–Crippen LogP) is 5.34. The number of fused-ring (bicyclic) bond motifs is 2. The molecule has 0 aliphatic carbocycles. The van der Waals surface area contributed by atoms with E-state index in [-0.39, 0.29) is 17.4 Å². The van der Waals surface area contributed by atoms with E-state index >= 15 is 0 Å². The molecule has 9 heteroatoms. The Labute approximate surface area is 200 Å². The zero-order chi connectivity index (χ0) is 21.7. The first-order chi connectivity index (χ1) is 15.7. The maximum atomic E-state index is 14.0. The van der Waals surface area contributed by atoms with Gasteiger partial charge in [-0.05, 0) is 71.6 Å². The highest BCUT2D eigenvalue weighted by molar-refractivity contribution is 6.30. The number of rotatable bonds is 3. The van der Waals surface area contributed by atoms with Crippen LogP contribution in [0.4, 0.5) is 4.39 Å². The topological polar surface area (TPSA) is 71.4 Å². The number of nitrogens with one attached hydrogen (secondary N) is 2. The first kappa shape index (κ1) is 21.6. The van der Waals surface area contributed by atoms with Crippen molar-refractivity contribution in [1.82, 2.24) is 30.5 Å². The minimum absolute atomic E-state index is 0. The Kier molecular flexibility index (Phi) is 5.62. The van der Waals surface area contributed by atoms with E-state index in [0.29, 0.717) is 11.4 Å². The van der Waals surface area contributed by atoms with Gasteiger partial charge in [0.25, 0.3) is 0 Å². The second-order valence-corrected chi connectivity index (χ2v) is 8.30. The van der Waals surface area contributed by atoms with Gasteiger partial charge in [-0.25, -0.2) is 9.07 Å². The molecular formula is C24H19Cl2FN6. The zero-order valence-electron chi connectivity index (χ0n) is 17.3. The van der Waals surface area contributed by atoms with Crippen molar-refractivity contribution in [2.45, 2.75) is 13.0 Å². The zero-order valence-corrected chi connectivity index (χ0v) is 18.9. The number of hydrogen-bond acceptors (Lipinski definition) is 4. The summed E-state index contributed by atoms with van der Waals surface area (Å²) in [5.41, 5.74) is 7.45. The van der Waals surface area contributed by atoms with Crippen molar-refractivity contribution in [2.75, 3.05) is 6.54 Å². The first-order valence-corrected chi connectivity index (χ1v) is 10.7. The van der Waals surface area contributed by atoms with Crippen LogP contribution in [0.2, 0.25) is 5.02 Å². The minimum Gasteiger partial charge on any atom is -0.312 e. The fourth-order valence-corrected chi connectivity index (χ4v) is 4.29. The number of hydrogen-bond donors (Lipinski definition) is 2. The molecule has 0 bridgehead atoms. The molecule has 0 amide bonds. The molecule has 3 aromatic carbocycles. The van der Waals surface area contributed by atoms with E-state index in [0.717, 1.165) is 47.2 Å². The van der Waals surface area contributed by atoms with Crippen LogP contribution in [-0.4, -0.2) is 31.7 Å². The Morgan fingerprint density at radius 2 is 1.82 bits per heavy atom. The van der Waals surface area contributed by atoms with Crippen molar-refractivity contribution in [1.29, 1.82) is 0 Å². The highest BCUT2D eigenvalue weighted by Crippen LogP contribution is 2.31. The molecule has 0 fully saturated rings. The summed E-state index contributed by atoms with van der Waals surface area (Å²) in [6.45, 7) is 1.87. The van der Waals surface area contributed by atoms with E-state index in [2.05, 4.69) is 44.0 Å². The second-order valence-electron chi connectivity index (χ2n) is 7.89. The summed E-state index contributed by atoms with van der Waals surface area (Å²) in [5, 5.41) is 20.6. The maximum absolute atomic E-state index is 14.0. The molecule has 5 aromatic rings. The van der Waals surface area contributed by atoms with Gasteiger partial charge in [-0.2, -0.15) is 5.10 Å². The van der Waals surface area contributed by atoms with Gasteiger partial charge in [0.05, 0.1) is 22.4 Å². The van der Waals surface area contributed by atoms with Gasteiger partial charge in [0.1, 0.15) is 17.2 Å². The molecule has 2 aromatic heterocycles. The molecule has 6 rings (SSSR count). The molecule has 0 unspecified atom stereocenters. The van der Waals surface area contributed by atoms with Crippen molar-refractivity contribution in [3.05, 3.63) is 82.8 Å². The average molecular weight is 481 g/mol. The predicted molar refractivity (Wildman–Crippen MR) is 130 cm³/mol. The van der Waals surface area contributed by atoms with Gasteiger partial charge < -0.3 is 5.32 Å². The maximum Gasteiger partial charge on any atom is 0.142 e. The fraction of sp³-hybridized carbons (Fsp3) is 0.125. The highest BCUT2D eigenvalue weighted by Gasteiger charge is 2.15. The van der Waals surface area contributed by atoms with Crippen LogP contribution < -0.4 is 5.32 Å². The summed E-state index contributed by atoms with van der Waals surface area (Å²) in [5.74, 6) is -0.445. The monoisotopic (exact) mass is 480 g/mol. The Balaban J connectivity index is 0.00000228. The van der Waals surface area contributed by atoms with E-state index in [1.807, 2.05) is 24.4 Å². The van der Waals surface area contributed by atoms with Gasteiger partial charge >= 0.3 is 0 Å². The Morgan fingerprint density at radius 1 is 0.970 bits per heavy atom. The van der Waals surface area contributed by atoms with Crippen molar-refractivity contribution in [2.24, 2.45) is 0 Å². The summed E-state index contributed by atoms with van der Waals surface area (Å²) in [6.07, 6.45) is 2.92. The third-order valence-corrected chi connectivity index (χ3v) is 6.20. The second kappa shape index (κ2) is 8.59. The number of nitrogens with zero attached hydrogens (tertiary/aromatic N) is 4. The van der Waals surface area contributed by atoms with Crippen molar-refractivity contribution < 1.29 is 4.39 Å². The summed E-state index contributed by atoms with van der Waals surface area (Å²) in [6, 6.07) is 17.0. The van der Waals surface area contributed by atoms with Gasteiger partial charge in [-0.15, -0.1) is 17.5 Å². The lowest BCUT2D eigenvalue weighted by atomic mass is 10.0. The SMILES string of the molecule is Cl.Fc1cc(-c2ccc3[nH]nc(-c4cn(-c5ccc6c(c5)CNCC6)nn4)c3c2)ccc1Cl. The van der Waals surface area contributed by atoms with Gasteiger partial charge in [-0.3, -0.25) is 5.10 Å². The molecular weight excluding hydrogens is 462 g/mol. The van der Waals surface area contributed by atoms with Crippen LogP contribution in [0, 0.1) is 5.82 Å². The molecule has 0 saturated carbocycles. The molecule has 1 aliphatic heterocycles. The standard InChI is InChI=1S/C24H18ClFN6.ClH/c25-20-5-2-16(11-21(20)26)15-3-6-22-19(10-15)24(30-28-22)23-13-32(31-29-23)18-4-1-14-7-8-27-12-17(14)9-18;/h1-6,9-11,13,27H,7-8,12H2,(H,28,30);1H. The summed E-state index contributed by atoms with van der Waals surface area (Å²) in [4.78, 5) is 0. The number of aromatic nitrogens is 5. The molecule has 1 aliphatic rings. The van der Waals surface area contributed by atoms with Crippen LogP contribution in [-0.2, 0) is 13.0 Å². The van der Waals surface area contributed by atoms with Crippen LogP contribution in [0.3, 0.4) is 0 Å². The Bertz CT molecular complexity index is 1480. The molecule has 2 N–H and O–H groups in total. The molecule has 166 valence electrons. The number of H-pyrrole nitrogens is 1. The van der Waals surface area contributed by atoms with Crippen LogP contribution in [0.25, 0.3) is 39.1 Å². The largest absolute Gasteiger partial charge is 0.312 e. The summed E-state index contributed by atoms with van der Waals surface area (Å²) >= 11 is 5.83. The molecule has 0 radical (unpaired) electrons. The number of halogens is 3. The molecule has 0 atom stereocenters. The van der Waals surface area contributed by atoms with Gasteiger partial charge in [0, 0.05) is 11.9 Å². The smallest absolute Gasteiger partial charge is 0.142 e. The lowest BCUT2D eigenvalue weighted by Crippen LogP contribution is -2.23. The van der Waals surface area contributed by atoms with E-state index in [4.69, 9.17) is 11.6 Å². The first-order valence-electron chi connectivity index (χ1n) is 10.3.